The summed E-state index contributed by atoms with van der Waals surface area (Å²) in [6.07, 6.45) is 1.59. The summed E-state index contributed by atoms with van der Waals surface area (Å²) in [5.74, 6) is 0.424. The third kappa shape index (κ3) is 3.49. The Morgan fingerprint density at radius 1 is 0.958 bits per heavy atom. The summed E-state index contributed by atoms with van der Waals surface area (Å²) in [6, 6.07) is 15.7. The lowest BCUT2D eigenvalue weighted by molar-refractivity contribution is 0.102. The molecular formula is C20H19N3O. The third-order valence-electron chi connectivity index (χ3n) is 3.74. The zero-order valence-corrected chi connectivity index (χ0v) is 14.0. The fraction of sp³-hybridized carbons (Fsp3) is 0.150. The van der Waals surface area contributed by atoms with Gasteiger partial charge in [0, 0.05) is 17.4 Å². The lowest BCUT2D eigenvalue weighted by Crippen LogP contribution is -2.15. The smallest absolute Gasteiger partial charge is 0.259 e. The molecule has 0 aliphatic carbocycles. The van der Waals surface area contributed by atoms with E-state index >= 15 is 0 Å². The highest BCUT2D eigenvalue weighted by molar-refractivity contribution is 6.04. The molecule has 4 nitrogen and oxygen atoms in total. The van der Waals surface area contributed by atoms with E-state index in [4.69, 9.17) is 0 Å². The maximum absolute atomic E-state index is 12.5. The predicted octanol–water partition coefficient (Wildman–Crippen LogP) is 4.32. The van der Waals surface area contributed by atoms with Gasteiger partial charge in [0.15, 0.2) is 5.82 Å². The Hall–Kier alpha value is -3.01. The van der Waals surface area contributed by atoms with Crippen molar-refractivity contribution < 1.29 is 4.79 Å². The van der Waals surface area contributed by atoms with Crippen LogP contribution in [0.4, 0.5) is 5.69 Å². The van der Waals surface area contributed by atoms with Gasteiger partial charge in [0.05, 0.1) is 11.3 Å². The molecule has 0 spiro atoms. The van der Waals surface area contributed by atoms with E-state index < -0.39 is 0 Å². The monoisotopic (exact) mass is 317 g/mol. The molecule has 120 valence electrons. The maximum atomic E-state index is 12.5. The Morgan fingerprint density at radius 3 is 2.25 bits per heavy atom. The summed E-state index contributed by atoms with van der Waals surface area (Å²) >= 11 is 0. The molecule has 0 saturated carbocycles. The minimum absolute atomic E-state index is 0.197. The van der Waals surface area contributed by atoms with Crippen molar-refractivity contribution in [3.63, 3.8) is 0 Å². The van der Waals surface area contributed by atoms with E-state index in [1.807, 2.05) is 63.2 Å². The fourth-order valence-corrected chi connectivity index (χ4v) is 2.66. The molecule has 0 aliphatic heterocycles. The van der Waals surface area contributed by atoms with Gasteiger partial charge in [-0.3, -0.25) is 4.79 Å². The number of hydrogen-bond acceptors (Lipinski definition) is 3. The second-order valence-electron chi connectivity index (χ2n) is 5.89. The highest BCUT2D eigenvalue weighted by atomic mass is 16.1. The number of nitrogens with zero attached hydrogens (tertiary/aromatic N) is 2. The largest absolute Gasteiger partial charge is 0.322 e. The molecule has 1 amide bonds. The number of rotatable bonds is 3. The highest BCUT2D eigenvalue weighted by Crippen LogP contribution is 2.18. The van der Waals surface area contributed by atoms with Crippen LogP contribution in [0.25, 0.3) is 11.4 Å². The van der Waals surface area contributed by atoms with Gasteiger partial charge in [0.2, 0.25) is 0 Å². The van der Waals surface area contributed by atoms with Crippen LogP contribution in [0.2, 0.25) is 0 Å². The molecule has 0 saturated heterocycles. The number of hydrogen-bond donors (Lipinski definition) is 1. The molecule has 3 aromatic rings. The van der Waals surface area contributed by atoms with Crippen molar-refractivity contribution >= 4 is 11.6 Å². The summed E-state index contributed by atoms with van der Waals surface area (Å²) in [4.78, 5) is 21.3. The Bertz CT molecular complexity index is 868. The summed E-state index contributed by atoms with van der Waals surface area (Å²) < 4.78 is 0. The minimum atomic E-state index is -0.197. The Labute approximate surface area is 141 Å². The zero-order chi connectivity index (χ0) is 17.1. The van der Waals surface area contributed by atoms with Gasteiger partial charge in [-0.1, -0.05) is 36.4 Å². The van der Waals surface area contributed by atoms with Crippen LogP contribution < -0.4 is 5.32 Å². The summed E-state index contributed by atoms with van der Waals surface area (Å²) in [6.45, 7) is 5.84. The van der Waals surface area contributed by atoms with Crippen molar-refractivity contribution in [2.45, 2.75) is 20.8 Å². The molecule has 0 fully saturated rings. The average Bonchev–Trinajstić information content (AvgIpc) is 2.54. The number of nitrogens with one attached hydrogen (secondary N) is 1. The van der Waals surface area contributed by atoms with Crippen LogP contribution >= 0.6 is 0 Å². The van der Waals surface area contributed by atoms with Gasteiger partial charge in [-0.15, -0.1) is 0 Å². The Balaban J connectivity index is 1.85. The number of carbonyl (C=O) groups is 1. The second-order valence-corrected chi connectivity index (χ2v) is 5.89. The Morgan fingerprint density at radius 2 is 1.62 bits per heavy atom. The molecule has 1 heterocycles. The molecule has 0 bridgehead atoms. The zero-order valence-electron chi connectivity index (χ0n) is 14.0. The molecule has 0 atom stereocenters. The van der Waals surface area contributed by atoms with E-state index in [0.29, 0.717) is 17.1 Å². The van der Waals surface area contributed by atoms with Crippen LogP contribution in [0.15, 0.2) is 54.7 Å². The number of benzene rings is 2. The van der Waals surface area contributed by atoms with Crippen molar-refractivity contribution in [3.05, 3.63) is 77.1 Å². The molecule has 0 radical (unpaired) electrons. The first kappa shape index (κ1) is 15.9. The van der Waals surface area contributed by atoms with Crippen LogP contribution in [-0.4, -0.2) is 15.9 Å². The van der Waals surface area contributed by atoms with Gasteiger partial charge in [-0.25, -0.2) is 9.97 Å². The molecule has 1 N–H and O–H groups in total. The van der Waals surface area contributed by atoms with Gasteiger partial charge < -0.3 is 5.32 Å². The predicted molar refractivity (Wildman–Crippen MR) is 96.1 cm³/mol. The van der Waals surface area contributed by atoms with Gasteiger partial charge in [0.1, 0.15) is 0 Å². The van der Waals surface area contributed by atoms with E-state index in [1.165, 1.54) is 0 Å². The lowest BCUT2D eigenvalue weighted by Gasteiger charge is -2.10. The van der Waals surface area contributed by atoms with Gasteiger partial charge in [0.25, 0.3) is 5.91 Å². The first-order chi connectivity index (χ1) is 11.5. The van der Waals surface area contributed by atoms with Crippen molar-refractivity contribution in [1.29, 1.82) is 0 Å². The average molecular weight is 317 g/mol. The van der Waals surface area contributed by atoms with Crippen molar-refractivity contribution in [3.8, 4) is 11.4 Å². The molecular weight excluding hydrogens is 298 g/mol. The molecule has 1 aromatic heterocycles. The van der Waals surface area contributed by atoms with Gasteiger partial charge >= 0.3 is 0 Å². The van der Waals surface area contributed by atoms with E-state index in [2.05, 4.69) is 21.4 Å². The molecule has 2 aromatic carbocycles. The van der Waals surface area contributed by atoms with Gasteiger partial charge in [-0.05, 0) is 44.0 Å². The Kier molecular flexibility index (Phi) is 4.38. The molecule has 3 rings (SSSR count). The number of carbonyl (C=O) groups excluding carboxylic acids is 1. The fourth-order valence-electron chi connectivity index (χ4n) is 2.66. The third-order valence-corrected chi connectivity index (χ3v) is 3.74. The quantitative estimate of drug-likeness (QED) is 0.782. The van der Waals surface area contributed by atoms with Crippen LogP contribution in [0.1, 0.15) is 27.2 Å². The van der Waals surface area contributed by atoms with Crippen LogP contribution in [0.5, 0.6) is 0 Å². The molecule has 0 aliphatic rings. The van der Waals surface area contributed by atoms with E-state index in [-0.39, 0.29) is 5.91 Å². The summed E-state index contributed by atoms with van der Waals surface area (Å²) in [5, 5.41) is 2.92. The topological polar surface area (TPSA) is 54.9 Å². The molecule has 24 heavy (non-hydrogen) atoms. The first-order valence-corrected chi connectivity index (χ1v) is 7.81. The SMILES string of the molecule is Cc1cc(C)cc(NC(=O)c2cnc(-c3ccccc3)nc2C)c1. The van der Waals surface area contributed by atoms with Crippen LogP contribution in [0, 0.1) is 20.8 Å². The maximum Gasteiger partial charge on any atom is 0.259 e. The normalized spacial score (nSPS) is 10.5. The number of aromatic nitrogens is 2. The van der Waals surface area contributed by atoms with E-state index in [1.54, 1.807) is 6.20 Å². The van der Waals surface area contributed by atoms with Crippen molar-refractivity contribution in [1.82, 2.24) is 9.97 Å². The summed E-state index contributed by atoms with van der Waals surface area (Å²) in [5.41, 5.74) is 5.07. The van der Waals surface area contributed by atoms with Crippen LogP contribution in [-0.2, 0) is 0 Å². The minimum Gasteiger partial charge on any atom is -0.322 e. The van der Waals surface area contributed by atoms with Crippen molar-refractivity contribution in [2.75, 3.05) is 5.32 Å². The van der Waals surface area contributed by atoms with E-state index in [0.717, 1.165) is 22.4 Å². The van der Waals surface area contributed by atoms with E-state index in [9.17, 15) is 4.79 Å². The number of aryl methyl sites for hydroxylation is 3. The first-order valence-electron chi connectivity index (χ1n) is 7.81. The lowest BCUT2D eigenvalue weighted by atomic mass is 10.1. The molecule has 4 heteroatoms. The van der Waals surface area contributed by atoms with Crippen LogP contribution in [0.3, 0.4) is 0 Å². The van der Waals surface area contributed by atoms with Gasteiger partial charge in [-0.2, -0.15) is 0 Å². The standard InChI is InChI=1S/C20H19N3O/c1-13-9-14(2)11-17(10-13)23-20(24)18-12-21-19(22-15(18)3)16-7-5-4-6-8-16/h4-12H,1-3H3,(H,23,24). The second kappa shape index (κ2) is 6.62. The number of amides is 1. The summed E-state index contributed by atoms with van der Waals surface area (Å²) in [7, 11) is 0. The number of anilines is 1. The molecule has 0 unspecified atom stereocenters. The van der Waals surface area contributed by atoms with Crippen molar-refractivity contribution in [2.24, 2.45) is 0 Å². The highest BCUT2D eigenvalue weighted by Gasteiger charge is 2.13.